The van der Waals surface area contributed by atoms with Crippen molar-refractivity contribution in [2.75, 3.05) is 6.61 Å². The molecule has 194 valence electrons. The Hall–Kier alpha value is -4.58. The van der Waals surface area contributed by atoms with Gasteiger partial charge in [-0.15, -0.1) is 0 Å². The third kappa shape index (κ3) is 4.86. The van der Waals surface area contributed by atoms with Crippen molar-refractivity contribution in [3.05, 3.63) is 114 Å². The second-order valence-corrected chi connectivity index (χ2v) is 9.93. The lowest BCUT2D eigenvalue weighted by Gasteiger charge is -2.14. The van der Waals surface area contributed by atoms with Crippen LogP contribution in [0.2, 0.25) is 0 Å². The molecular formula is C33H29N3O3. The first-order valence-corrected chi connectivity index (χ1v) is 13.3. The maximum Gasteiger partial charge on any atom is 0.316 e. The summed E-state index contributed by atoms with van der Waals surface area (Å²) in [7, 11) is 0. The molecule has 2 aromatic heterocycles. The largest absolute Gasteiger partial charge is 0.465 e. The molecule has 0 N–H and O–H groups in total. The zero-order valence-electron chi connectivity index (χ0n) is 22.1. The van der Waals surface area contributed by atoms with Crippen molar-refractivity contribution in [3.63, 3.8) is 0 Å². The van der Waals surface area contributed by atoms with Crippen LogP contribution in [0.1, 0.15) is 42.4 Å². The maximum absolute atomic E-state index is 12.4. The van der Waals surface area contributed by atoms with Crippen molar-refractivity contribution in [2.24, 2.45) is 0 Å². The minimum absolute atomic E-state index is 0.113. The van der Waals surface area contributed by atoms with E-state index in [0.29, 0.717) is 13.0 Å². The van der Waals surface area contributed by atoms with Gasteiger partial charge in [0.25, 0.3) is 0 Å². The molecule has 0 radical (unpaired) electrons. The van der Waals surface area contributed by atoms with E-state index in [1.165, 1.54) is 0 Å². The Morgan fingerprint density at radius 2 is 1.54 bits per heavy atom. The van der Waals surface area contributed by atoms with E-state index in [4.69, 9.17) is 14.2 Å². The molecule has 0 saturated heterocycles. The first-order valence-electron chi connectivity index (χ1n) is 13.3. The van der Waals surface area contributed by atoms with Crippen LogP contribution in [0.4, 0.5) is 0 Å². The van der Waals surface area contributed by atoms with Gasteiger partial charge in [-0.3, -0.25) is 4.79 Å². The van der Waals surface area contributed by atoms with E-state index < -0.39 is 5.41 Å². The summed E-state index contributed by atoms with van der Waals surface area (Å²) >= 11 is 0. The Bertz CT molecular complexity index is 1600. The number of carbonyl (C=O) groups is 1. The summed E-state index contributed by atoms with van der Waals surface area (Å²) in [6, 6.07) is 28.5. The number of aryl methyl sites for hydroxylation is 1. The van der Waals surface area contributed by atoms with Gasteiger partial charge in [-0.1, -0.05) is 84.0 Å². The number of aromatic nitrogens is 3. The molecule has 1 aliphatic rings. The van der Waals surface area contributed by atoms with Crippen LogP contribution < -0.4 is 0 Å². The molecule has 39 heavy (non-hydrogen) atoms. The van der Waals surface area contributed by atoms with Gasteiger partial charge in [0, 0.05) is 29.3 Å². The van der Waals surface area contributed by atoms with Gasteiger partial charge in [-0.2, -0.15) is 0 Å². The molecule has 0 atom stereocenters. The molecule has 1 aliphatic carbocycles. The Morgan fingerprint density at radius 1 is 0.872 bits per heavy atom. The Morgan fingerprint density at radius 3 is 2.21 bits per heavy atom. The fourth-order valence-electron chi connectivity index (χ4n) is 5.04. The summed E-state index contributed by atoms with van der Waals surface area (Å²) in [6.45, 7) is 4.20. The van der Waals surface area contributed by atoms with Gasteiger partial charge in [0.1, 0.15) is 5.82 Å². The average molecular weight is 516 g/mol. The second-order valence-electron chi connectivity index (χ2n) is 9.93. The van der Waals surface area contributed by atoms with Crippen molar-refractivity contribution in [1.29, 1.82) is 0 Å². The maximum atomic E-state index is 12.4. The molecule has 0 bridgehead atoms. The van der Waals surface area contributed by atoms with Crippen molar-refractivity contribution in [1.82, 2.24) is 15.1 Å². The summed E-state index contributed by atoms with van der Waals surface area (Å²) in [5.41, 5.74) is 7.45. The number of nitrogens with zero attached hydrogens (tertiary/aromatic N) is 3. The van der Waals surface area contributed by atoms with Gasteiger partial charge in [-0.25, -0.2) is 9.97 Å². The minimum atomic E-state index is -0.455. The zero-order valence-corrected chi connectivity index (χ0v) is 22.1. The van der Waals surface area contributed by atoms with Gasteiger partial charge in [0.2, 0.25) is 0 Å². The van der Waals surface area contributed by atoms with E-state index in [1.807, 2.05) is 50.2 Å². The number of carbonyl (C=O) groups excluding carboxylic acids is 1. The number of hydrogen-bond donors (Lipinski definition) is 0. The molecule has 0 amide bonds. The summed E-state index contributed by atoms with van der Waals surface area (Å²) in [5, 5.41) is 4.25. The van der Waals surface area contributed by atoms with Crippen LogP contribution >= 0.6 is 0 Å². The molecule has 0 spiro atoms. The molecule has 6 rings (SSSR count). The topological polar surface area (TPSA) is 78.1 Å². The number of ether oxygens (including phenoxy) is 1. The Kier molecular flexibility index (Phi) is 6.53. The van der Waals surface area contributed by atoms with Crippen LogP contribution in [0.3, 0.4) is 0 Å². The van der Waals surface area contributed by atoms with Crippen LogP contribution in [0.15, 0.2) is 95.6 Å². The molecule has 0 unspecified atom stereocenters. The van der Waals surface area contributed by atoms with E-state index in [0.717, 1.165) is 69.2 Å². The number of esters is 1. The van der Waals surface area contributed by atoms with E-state index >= 15 is 0 Å². The zero-order chi connectivity index (χ0) is 26.8. The highest BCUT2D eigenvalue weighted by molar-refractivity contribution is 5.87. The predicted octanol–water partition coefficient (Wildman–Crippen LogP) is 6.96. The summed E-state index contributed by atoms with van der Waals surface area (Å²) in [6.07, 6.45) is 4.02. The van der Waals surface area contributed by atoms with Crippen molar-refractivity contribution >= 4 is 5.97 Å². The predicted molar refractivity (Wildman–Crippen MR) is 150 cm³/mol. The first-order chi connectivity index (χ1) is 19.1. The number of benzene rings is 3. The minimum Gasteiger partial charge on any atom is -0.465 e. The summed E-state index contributed by atoms with van der Waals surface area (Å²) in [4.78, 5) is 21.7. The van der Waals surface area contributed by atoms with Crippen LogP contribution in [-0.4, -0.2) is 27.7 Å². The van der Waals surface area contributed by atoms with E-state index in [-0.39, 0.29) is 5.97 Å². The fourth-order valence-corrected chi connectivity index (χ4v) is 5.04. The Balaban J connectivity index is 1.22. The van der Waals surface area contributed by atoms with Gasteiger partial charge in [0.15, 0.2) is 5.76 Å². The highest BCUT2D eigenvalue weighted by atomic mass is 16.5. The smallest absolute Gasteiger partial charge is 0.316 e. The molecule has 3 aromatic carbocycles. The van der Waals surface area contributed by atoms with Crippen molar-refractivity contribution in [3.8, 4) is 33.7 Å². The normalized spacial score (nSPS) is 13.7. The molecule has 6 heteroatoms. The lowest BCUT2D eigenvalue weighted by atomic mass is 9.93. The standard InChI is InChI=1S/C33H29N3O3/c1-3-38-32(37)33(18-19-33)27-15-13-24(14-16-27)23-9-11-26(12-10-23)31-28(22(2)36-39-31)21-30-34-20-17-29(35-30)25-7-5-4-6-8-25/h4-17,20H,3,18-19,21H2,1-2H3. The SMILES string of the molecule is CCOC(=O)C1(c2ccc(-c3ccc(-c4onc(C)c4Cc4nccc(-c5ccccc5)n4)cc3)cc2)CC1. The Labute approximate surface area is 227 Å². The van der Waals surface area contributed by atoms with Gasteiger partial charge in [-0.05, 0) is 49.4 Å². The fraction of sp³-hybridized carbons (Fsp3) is 0.212. The molecule has 6 nitrogen and oxygen atoms in total. The van der Waals surface area contributed by atoms with E-state index in [9.17, 15) is 4.79 Å². The molecule has 1 saturated carbocycles. The van der Waals surface area contributed by atoms with Gasteiger partial charge < -0.3 is 9.26 Å². The van der Waals surface area contributed by atoms with E-state index in [2.05, 4.69) is 58.7 Å². The highest BCUT2D eigenvalue weighted by Crippen LogP contribution is 2.49. The first kappa shape index (κ1) is 24.7. The summed E-state index contributed by atoms with van der Waals surface area (Å²) in [5.74, 6) is 1.34. The average Bonchev–Trinajstić information content (AvgIpc) is 3.73. The van der Waals surface area contributed by atoms with Crippen molar-refractivity contribution in [2.45, 2.75) is 38.5 Å². The van der Waals surface area contributed by atoms with Crippen LogP contribution in [-0.2, 0) is 21.4 Å². The summed E-state index contributed by atoms with van der Waals surface area (Å²) < 4.78 is 11.1. The monoisotopic (exact) mass is 515 g/mol. The molecule has 1 fully saturated rings. The van der Waals surface area contributed by atoms with Crippen LogP contribution in [0.25, 0.3) is 33.7 Å². The highest BCUT2D eigenvalue weighted by Gasteiger charge is 2.52. The third-order valence-corrected chi connectivity index (χ3v) is 7.43. The molecular weight excluding hydrogens is 486 g/mol. The number of hydrogen-bond acceptors (Lipinski definition) is 6. The second kappa shape index (κ2) is 10.3. The van der Waals surface area contributed by atoms with Crippen molar-refractivity contribution < 1.29 is 14.1 Å². The quantitative estimate of drug-likeness (QED) is 0.208. The molecule has 0 aliphatic heterocycles. The lowest BCUT2D eigenvalue weighted by Crippen LogP contribution is -2.23. The van der Waals surface area contributed by atoms with Crippen LogP contribution in [0, 0.1) is 6.92 Å². The molecule has 2 heterocycles. The molecule has 5 aromatic rings. The van der Waals surface area contributed by atoms with Crippen LogP contribution in [0.5, 0.6) is 0 Å². The van der Waals surface area contributed by atoms with Gasteiger partial charge in [0.05, 0.1) is 23.4 Å². The number of rotatable bonds is 8. The lowest BCUT2D eigenvalue weighted by molar-refractivity contribution is -0.146. The van der Waals surface area contributed by atoms with Gasteiger partial charge >= 0.3 is 5.97 Å². The van der Waals surface area contributed by atoms with E-state index in [1.54, 1.807) is 6.20 Å². The third-order valence-electron chi connectivity index (χ3n) is 7.43.